The van der Waals surface area contributed by atoms with Crippen molar-refractivity contribution in [3.8, 4) is 0 Å². The zero-order valence-corrected chi connectivity index (χ0v) is 11.7. The van der Waals surface area contributed by atoms with Crippen LogP contribution < -0.4 is 0 Å². The van der Waals surface area contributed by atoms with Crippen molar-refractivity contribution in [2.45, 2.75) is 32.6 Å². The largest absolute Gasteiger partial charge is 0.293 e. The van der Waals surface area contributed by atoms with Crippen LogP contribution in [0.2, 0.25) is 0 Å². The number of carbonyl (C=O) groups excluding carboxylic acids is 1. The van der Waals surface area contributed by atoms with Gasteiger partial charge in [-0.2, -0.15) is 0 Å². The minimum atomic E-state index is -0.403. The zero-order valence-electron chi connectivity index (χ0n) is 11.7. The third-order valence-corrected chi connectivity index (χ3v) is 4.51. The average molecular weight is 250 g/mol. The zero-order chi connectivity index (χ0) is 13.6. The van der Waals surface area contributed by atoms with Gasteiger partial charge in [0.25, 0.3) is 0 Å². The highest BCUT2D eigenvalue weighted by Crippen LogP contribution is 2.40. The molecule has 0 N–H and O–H groups in total. The number of ketones is 1. The minimum Gasteiger partial charge on any atom is -0.293 e. The Balaban J connectivity index is 2.17. The molecular weight excluding hydrogens is 232 g/mol. The summed E-state index contributed by atoms with van der Waals surface area (Å²) in [6.45, 7) is 6.30. The van der Waals surface area contributed by atoms with Crippen molar-refractivity contribution >= 4 is 5.78 Å². The molecule has 1 heteroatoms. The highest BCUT2D eigenvalue weighted by atomic mass is 16.1. The fourth-order valence-corrected chi connectivity index (χ4v) is 3.22. The standard InChI is InChI=1S/C18H18O/c1-12-7-6-10-16(13(12)2)18(3)11-14-8-4-5-9-15(14)17(18)19/h4-10H,11H2,1-3H3/t18-/m0/s1. The summed E-state index contributed by atoms with van der Waals surface area (Å²) in [6, 6.07) is 14.3. The molecule has 0 saturated carbocycles. The summed E-state index contributed by atoms with van der Waals surface area (Å²) >= 11 is 0. The molecule has 0 bridgehead atoms. The van der Waals surface area contributed by atoms with Crippen LogP contribution in [0.4, 0.5) is 0 Å². The second-order valence-electron chi connectivity index (χ2n) is 5.74. The summed E-state index contributed by atoms with van der Waals surface area (Å²) in [7, 11) is 0. The van der Waals surface area contributed by atoms with Gasteiger partial charge in [0.2, 0.25) is 0 Å². The lowest BCUT2D eigenvalue weighted by atomic mass is 9.76. The predicted molar refractivity (Wildman–Crippen MR) is 77.7 cm³/mol. The van der Waals surface area contributed by atoms with Crippen LogP contribution in [0.25, 0.3) is 0 Å². The molecule has 0 fully saturated rings. The van der Waals surface area contributed by atoms with Gasteiger partial charge in [0.15, 0.2) is 5.78 Å². The third kappa shape index (κ3) is 1.65. The van der Waals surface area contributed by atoms with E-state index in [-0.39, 0.29) is 5.78 Å². The molecule has 1 nitrogen and oxygen atoms in total. The first-order valence-corrected chi connectivity index (χ1v) is 6.73. The van der Waals surface area contributed by atoms with E-state index in [0.29, 0.717) is 0 Å². The van der Waals surface area contributed by atoms with E-state index in [1.807, 2.05) is 18.2 Å². The Morgan fingerprint density at radius 3 is 2.47 bits per heavy atom. The molecule has 0 heterocycles. The van der Waals surface area contributed by atoms with Gasteiger partial charge in [-0.1, -0.05) is 42.5 Å². The molecule has 0 aromatic heterocycles. The van der Waals surface area contributed by atoms with Crippen molar-refractivity contribution < 1.29 is 4.79 Å². The van der Waals surface area contributed by atoms with Crippen molar-refractivity contribution in [2.24, 2.45) is 0 Å². The molecule has 2 aromatic rings. The Morgan fingerprint density at radius 1 is 1.00 bits per heavy atom. The Hall–Kier alpha value is -1.89. The molecule has 1 aliphatic carbocycles. The Kier molecular flexibility index (Phi) is 2.60. The van der Waals surface area contributed by atoms with Crippen LogP contribution in [-0.2, 0) is 11.8 Å². The fourth-order valence-electron chi connectivity index (χ4n) is 3.22. The molecule has 96 valence electrons. The van der Waals surface area contributed by atoms with E-state index in [1.54, 1.807) is 0 Å². The van der Waals surface area contributed by atoms with Crippen LogP contribution in [-0.4, -0.2) is 5.78 Å². The molecule has 19 heavy (non-hydrogen) atoms. The number of rotatable bonds is 1. The van der Waals surface area contributed by atoms with Gasteiger partial charge in [-0.3, -0.25) is 4.79 Å². The molecule has 3 rings (SSSR count). The van der Waals surface area contributed by atoms with E-state index >= 15 is 0 Å². The van der Waals surface area contributed by atoms with Crippen molar-refractivity contribution in [2.75, 3.05) is 0 Å². The van der Waals surface area contributed by atoms with E-state index in [9.17, 15) is 4.79 Å². The molecule has 1 atom stereocenters. The smallest absolute Gasteiger partial charge is 0.173 e. The molecular formula is C18H18O. The lowest BCUT2D eigenvalue weighted by molar-refractivity contribution is 0.0915. The molecule has 1 aliphatic rings. The number of carbonyl (C=O) groups is 1. The number of hydrogen-bond donors (Lipinski definition) is 0. The highest BCUT2D eigenvalue weighted by Gasteiger charge is 2.43. The maximum Gasteiger partial charge on any atom is 0.173 e. The van der Waals surface area contributed by atoms with Gasteiger partial charge in [0, 0.05) is 5.56 Å². The number of fused-ring (bicyclic) bond motifs is 1. The monoisotopic (exact) mass is 250 g/mol. The molecule has 0 amide bonds. The topological polar surface area (TPSA) is 17.1 Å². The third-order valence-electron chi connectivity index (χ3n) is 4.51. The summed E-state index contributed by atoms with van der Waals surface area (Å²) < 4.78 is 0. The number of hydrogen-bond acceptors (Lipinski definition) is 1. The van der Waals surface area contributed by atoms with E-state index in [4.69, 9.17) is 0 Å². The van der Waals surface area contributed by atoms with Gasteiger partial charge in [0.05, 0.1) is 5.41 Å². The van der Waals surface area contributed by atoms with Crippen molar-refractivity contribution in [1.82, 2.24) is 0 Å². The van der Waals surface area contributed by atoms with E-state index < -0.39 is 5.41 Å². The van der Waals surface area contributed by atoms with Crippen molar-refractivity contribution in [3.63, 3.8) is 0 Å². The van der Waals surface area contributed by atoms with E-state index in [2.05, 4.69) is 45.0 Å². The van der Waals surface area contributed by atoms with E-state index in [1.165, 1.54) is 22.3 Å². The number of Topliss-reactive ketones (excluding diaryl/α,β-unsaturated/α-hetero) is 1. The second kappa shape index (κ2) is 4.06. The van der Waals surface area contributed by atoms with Crippen LogP contribution in [0.5, 0.6) is 0 Å². The predicted octanol–water partition coefficient (Wildman–Crippen LogP) is 4.00. The Morgan fingerprint density at radius 2 is 1.74 bits per heavy atom. The second-order valence-corrected chi connectivity index (χ2v) is 5.74. The molecule has 0 spiro atoms. The maximum absolute atomic E-state index is 12.8. The molecule has 0 saturated heterocycles. The van der Waals surface area contributed by atoms with Crippen molar-refractivity contribution in [1.29, 1.82) is 0 Å². The first-order chi connectivity index (χ1) is 9.04. The van der Waals surface area contributed by atoms with Crippen LogP contribution in [0.3, 0.4) is 0 Å². The molecule has 0 radical (unpaired) electrons. The van der Waals surface area contributed by atoms with Crippen LogP contribution in [0.1, 0.15) is 39.5 Å². The van der Waals surface area contributed by atoms with E-state index in [0.717, 1.165) is 12.0 Å². The molecule has 0 aliphatic heterocycles. The van der Waals surface area contributed by atoms with Crippen LogP contribution in [0.15, 0.2) is 42.5 Å². The molecule has 2 aromatic carbocycles. The average Bonchev–Trinajstić information content (AvgIpc) is 2.66. The Labute approximate surface area is 114 Å². The molecule has 0 unspecified atom stereocenters. The van der Waals surface area contributed by atoms with Crippen LogP contribution >= 0.6 is 0 Å². The lowest BCUT2D eigenvalue weighted by Crippen LogP contribution is -2.30. The maximum atomic E-state index is 12.8. The van der Waals surface area contributed by atoms with Gasteiger partial charge in [0.1, 0.15) is 0 Å². The minimum absolute atomic E-state index is 0.261. The summed E-state index contributed by atoms with van der Waals surface area (Å²) in [6.07, 6.45) is 0.812. The first kappa shape index (κ1) is 12.2. The van der Waals surface area contributed by atoms with Crippen molar-refractivity contribution in [3.05, 3.63) is 70.3 Å². The summed E-state index contributed by atoms with van der Waals surface area (Å²) in [5, 5.41) is 0. The fraction of sp³-hybridized carbons (Fsp3) is 0.278. The Bertz CT molecular complexity index is 669. The SMILES string of the molecule is Cc1cccc([C@]2(C)Cc3ccccc3C2=O)c1C. The van der Waals surface area contributed by atoms with Crippen LogP contribution in [0, 0.1) is 13.8 Å². The quantitative estimate of drug-likeness (QED) is 0.747. The van der Waals surface area contributed by atoms with Gasteiger partial charge in [-0.05, 0) is 49.4 Å². The number of aryl methyl sites for hydroxylation is 1. The number of benzene rings is 2. The van der Waals surface area contributed by atoms with Gasteiger partial charge in [-0.25, -0.2) is 0 Å². The first-order valence-electron chi connectivity index (χ1n) is 6.73. The van der Waals surface area contributed by atoms with Gasteiger partial charge < -0.3 is 0 Å². The lowest BCUT2D eigenvalue weighted by Gasteiger charge is -2.25. The van der Waals surface area contributed by atoms with Gasteiger partial charge >= 0.3 is 0 Å². The van der Waals surface area contributed by atoms with Gasteiger partial charge in [-0.15, -0.1) is 0 Å². The normalized spacial score (nSPS) is 21.5. The summed E-state index contributed by atoms with van der Waals surface area (Å²) in [5.41, 5.74) is 5.34. The summed E-state index contributed by atoms with van der Waals surface area (Å²) in [4.78, 5) is 12.8. The highest BCUT2D eigenvalue weighted by molar-refractivity contribution is 6.08. The summed E-state index contributed by atoms with van der Waals surface area (Å²) in [5.74, 6) is 0.261.